The molecule has 5 heteroatoms. The van der Waals surface area contributed by atoms with E-state index in [2.05, 4.69) is 10.3 Å². The summed E-state index contributed by atoms with van der Waals surface area (Å²) in [5.74, 6) is 1.91. The minimum Gasteiger partial charge on any atom is -0.476 e. The first-order chi connectivity index (χ1) is 9.22. The molecule has 1 aromatic rings. The van der Waals surface area contributed by atoms with Gasteiger partial charge in [-0.1, -0.05) is 11.6 Å². The van der Waals surface area contributed by atoms with Crippen molar-refractivity contribution in [1.29, 1.82) is 0 Å². The van der Waals surface area contributed by atoms with E-state index in [0.717, 1.165) is 36.9 Å². The maximum atomic E-state index is 11.2. The van der Waals surface area contributed by atoms with Crippen LogP contribution < -0.4 is 0 Å². The second-order valence-electron chi connectivity index (χ2n) is 6.52. The molecule has 1 N–H and O–H groups in total. The molecule has 0 aliphatic heterocycles. The largest absolute Gasteiger partial charge is 0.476 e. The van der Waals surface area contributed by atoms with Gasteiger partial charge in [-0.25, -0.2) is 9.48 Å². The lowest BCUT2D eigenvalue weighted by Crippen LogP contribution is -2.19. The van der Waals surface area contributed by atoms with Crippen molar-refractivity contribution in [3.63, 3.8) is 0 Å². The Kier molecular flexibility index (Phi) is 2.44. The zero-order valence-corrected chi connectivity index (χ0v) is 11.0. The predicted octanol–water partition coefficient (Wildman–Crippen LogP) is 2.29. The van der Waals surface area contributed by atoms with E-state index in [1.807, 2.05) is 4.68 Å². The van der Waals surface area contributed by atoms with E-state index >= 15 is 0 Å². The Morgan fingerprint density at radius 1 is 1.26 bits per heavy atom. The van der Waals surface area contributed by atoms with E-state index < -0.39 is 5.97 Å². The molecule has 1 aromatic heterocycles. The van der Waals surface area contributed by atoms with E-state index in [0.29, 0.717) is 11.8 Å². The van der Waals surface area contributed by atoms with Crippen LogP contribution in [0.15, 0.2) is 0 Å². The lowest BCUT2D eigenvalue weighted by atomic mass is 9.89. The first-order valence-corrected chi connectivity index (χ1v) is 7.39. The molecule has 0 saturated heterocycles. The van der Waals surface area contributed by atoms with Crippen molar-refractivity contribution < 1.29 is 9.90 Å². The number of rotatable bonds is 4. The zero-order chi connectivity index (χ0) is 13.0. The normalized spacial score (nSPS) is 32.9. The van der Waals surface area contributed by atoms with Crippen LogP contribution in [-0.2, 0) is 6.54 Å². The van der Waals surface area contributed by atoms with Crippen molar-refractivity contribution >= 4 is 5.97 Å². The number of aromatic nitrogens is 3. The topological polar surface area (TPSA) is 68.0 Å². The van der Waals surface area contributed by atoms with Crippen molar-refractivity contribution in [2.45, 2.75) is 51.0 Å². The second-order valence-corrected chi connectivity index (χ2v) is 6.52. The molecule has 3 saturated carbocycles. The van der Waals surface area contributed by atoms with Crippen LogP contribution in [-0.4, -0.2) is 26.1 Å². The molecule has 3 aliphatic rings. The van der Waals surface area contributed by atoms with Gasteiger partial charge in [0, 0.05) is 12.5 Å². The third-order valence-corrected chi connectivity index (χ3v) is 5.23. The molecular formula is C14H19N3O2. The van der Waals surface area contributed by atoms with Crippen LogP contribution in [0.25, 0.3) is 0 Å². The van der Waals surface area contributed by atoms with Gasteiger partial charge in [0.15, 0.2) is 5.69 Å². The molecule has 0 aromatic carbocycles. The number of hydrogen-bond acceptors (Lipinski definition) is 3. The Hall–Kier alpha value is -1.39. The highest BCUT2D eigenvalue weighted by atomic mass is 16.4. The van der Waals surface area contributed by atoms with Crippen molar-refractivity contribution in [2.24, 2.45) is 17.8 Å². The molecule has 3 aliphatic carbocycles. The van der Waals surface area contributed by atoms with Gasteiger partial charge in [0.1, 0.15) is 0 Å². The van der Waals surface area contributed by atoms with Crippen LogP contribution in [0.3, 0.4) is 0 Å². The molecule has 4 rings (SSSR count). The highest BCUT2D eigenvalue weighted by molar-refractivity contribution is 5.86. The molecule has 102 valence electrons. The van der Waals surface area contributed by atoms with Crippen LogP contribution in [0.5, 0.6) is 0 Å². The molecule has 0 radical (unpaired) electrons. The summed E-state index contributed by atoms with van der Waals surface area (Å²) in [6.45, 7) is 0.882. The number of carboxylic acid groups (broad SMARTS) is 1. The Balaban J connectivity index is 1.59. The highest BCUT2D eigenvalue weighted by Gasteiger charge is 2.41. The standard InChI is InChI=1S/C14H19N3O2/c18-14(19)12-13(9-3-4-9)17(16-15-12)7-11-6-8-1-2-10(11)5-8/h8-11H,1-7H2,(H,18,19). The molecule has 3 atom stereocenters. The van der Waals surface area contributed by atoms with Gasteiger partial charge in [0.25, 0.3) is 0 Å². The Morgan fingerprint density at radius 3 is 2.68 bits per heavy atom. The van der Waals surface area contributed by atoms with E-state index in [4.69, 9.17) is 0 Å². The van der Waals surface area contributed by atoms with Gasteiger partial charge >= 0.3 is 5.97 Å². The summed E-state index contributed by atoms with van der Waals surface area (Å²) >= 11 is 0. The van der Waals surface area contributed by atoms with Crippen LogP contribution in [0, 0.1) is 17.8 Å². The number of hydrogen-bond donors (Lipinski definition) is 1. The number of carboxylic acids is 1. The Bertz CT molecular complexity index is 521. The third kappa shape index (κ3) is 1.86. The quantitative estimate of drug-likeness (QED) is 0.903. The monoisotopic (exact) mass is 261 g/mol. The van der Waals surface area contributed by atoms with Crippen molar-refractivity contribution in [3.8, 4) is 0 Å². The van der Waals surface area contributed by atoms with Crippen LogP contribution in [0.1, 0.15) is 60.6 Å². The number of nitrogens with zero attached hydrogens (tertiary/aromatic N) is 3. The Morgan fingerprint density at radius 2 is 2.11 bits per heavy atom. The Labute approximate surface area is 112 Å². The van der Waals surface area contributed by atoms with Crippen molar-refractivity contribution in [1.82, 2.24) is 15.0 Å². The maximum absolute atomic E-state index is 11.2. The average Bonchev–Trinajstić information content (AvgIpc) is 2.85. The molecule has 0 spiro atoms. The zero-order valence-electron chi connectivity index (χ0n) is 11.0. The summed E-state index contributed by atoms with van der Waals surface area (Å²) < 4.78 is 1.91. The van der Waals surface area contributed by atoms with Gasteiger partial charge in [-0.05, 0) is 49.9 Å². The average molecular weight is 261 g/mol. The van der Waals surface area contributed by atoms with E-state index in [1.165, 1.54) is 25.7 Å². The predicted molar refractivity (Wildman–Crippen MR) is 67.9 cm³/mol. The number of fused-ring (bicyclic) bond motifs is 2. The molecule has 19 heavy (non-hydrogen) atoms. The highest BCUT2D eigenvalue weighted by Crippen LogP contribution is 2.49. The summed E-state index contributed by atoms with van der Waals surface area (Å²) in [6, 6.07) is 0. The molecule has 3 fully saturated rings. The lowest BCUT2D eigenvalue weighted by molar-refractivity contribution is 0.0689. The SMILES string of the molecule is O=C(O)c1nnn(CC2CC3CCC2C3)c1C1CC1. The molecule has 5 nitrogen and oxygen atoms in total. The van der Waals surface area contributed by atoms with Gasteiger partial charge in [-0.3, -0.25) is 0 Å². The lowest BCUT2D eigenvalue weighted by Gasteiger charge is -2.22. The van der Waals surface area contributed by atoms with Gasteiger partial charge in [-0.15, -0.1) is 5.10 Å². The minimum atomic E-state index is -0.930. The second kappa shape index (κ2) is 4.05. The first-order valence-electron chi connectivity index (χ1n) is 7.39. The molecule has 0 amide bonds. The molecule has 1 heterocycles. The van der Waals surface area contributed by atoms with Crippen LogP contribution >= 0.6 is 0 Å². The third-order valence-electron chi connectivity index (χ3n) is 5.23. The summed E-state index contributed by atoms with van der Waals surface area (Å²) in [5.41, 5.74) is 1.07. The first kappa shape index (κ1) is 11.4. The fourth-order valence-electron chi connectivity index (χ4n) is 4.19. The fraction of sp³-hybridized carbons (Fsp3) is 0.786. The minimum absolute atomic E-state index is 0.186. The van der Waals surface area contributed by atoms with E-state index in [1.54, 1.807) is 0 Å². The summed E-state index contributed by atoms with van der Waals surface area (Å²) in [5, 5.41) is 17.2. The van der Waals surface area contributed by atoms with E-state index in [-0.39, 0.29) is 5.69 Å². The van der Waals surface area contributed by atoms with Crippen LogP contribution in [0.2, 0.25) is 0 Å². The van der Waals surface area contributed by atoms with Gasteiger partial charge in [-0.2, -0.15) is 0 Å². The van der Waals surface area contributed by atoms with E-state index in [9.17, 15) is 9.90 Å². The maximum Gasteiger partial charge on any atom is 0.358 e. The summed E-state index contributed by atoms with van der Waals surface area (Å²) in [4.78, 5) is 11.2. The number of carbonyl (C=O) groups is 1. The van der Waals surface area contributed by atoms with Gasteiger partial charge in [0.05, 0.1) is 5.69 Å². The van der Waals surface area contributed by atoms with Crippen molar-refractivity contribution in [3.05, 3.63) is 11.4 Å². The van der Waals surface area contributed by atoms with Crippen LogP contribution in [0.4, 0.5) is 0 Å². The molecule has 2 bridgehead atoms. The summed E-state index contributed by atoms with van der Waals surface area (Å²) in [7, 11) is 0. The number of aromatic carboxylic acids is 1. The molecular weight excluding hydrogens is 242 g/mol. The molecule has 3 unspecified atom stereocenters. The van der Waals surface area contributed by atoms with Gasteiger partial charge < -0.3 is 5.11 Å². The fourth-order valence-corrected chi connectivity index (χ4v) is 4.19. The van der Waals surface area contributed by atoms with Crippen molar-refractivity contribution in [2.75, 3.05) is 0 Å². The summed E-state index contributed by atoms with van der Waals surface area (Å²) in [6.07, 6.45) is 7.61. The smallest absolute Gasteiger partial charge is 0.358 e. The van der Waals surface area contributed by atoms with Gasteiger partial charge in [0.2, 0.25) is 0 Å².